The van der Waals surface area contributed by atoms with E-state index in [1.165, 1.54) is 28.6 Å². The molecule has 1 fully saturated rings. The highest BCUT2D eigenvalue weighted by atomic mass is 32.2. The molecule has 8 nitrogen and oxygen atoms in total. The molecule has 0 atom stereocenters. The summed E-state index contributed by atoms with van der Waals surface area (Å²) in [6.45, 7) is 2.10. The van der Waals surface area contributed by atoms with E-state index in [2.05, 4.69) is 5.32 Å². The van der Waals surface area contributed by atoms with Crippen molar-refractivity contribution >= 4 is 21.5 Å². The number of nitrogens with zero attached hydrogens (tertiary/aromatic N) is 3. The molecular weight excluding hydrogens is 380 g/mol. The molecule has 4 rings (SSSR count). The summed E-state index contributed by atoms with van der Waals surface area (Å²) < 4.78 is 27.9. The Morgan fingerprint density at radius 2 is 1.89 bits per heavy atom. The van der Waals surface area contributed by atoms with Gasteiger partial charge in [-0.25, -0.2) is 17.7 Å². The van der Waals surface area contributed by atoms with E-state index in [-0.39, 0.29) is 11.4 Å². The molecule has 0 spiro atoms. The minimum absolute atomic E-state index is 0.268. The number of fused-ring (bicyclic) bond motifs is 1. The second kappa shape index (κ2) is 7.48. The zero-order chi connectivity index (χ0) is 19.7. The maximum atomic E-state index is 13.3. The number of hydrogen-bond acceptors (Lipinski definition) is 6. The SMILES string of the molecule is O=[N+]([O-])c1ccccc1S(=O)(=O)N1CCCc2ccc(C3CCNCC3)nc21. The maximum Gasteiger partial charge on any atom is 0.289 e. The lowest BCUT2D eigenvalue weighted by Gasteiger charge is -2.31. The average molecular weight is 402 g/mol. The summed E-state index contributed by atoms with van der Waals surface area (Å²) in [4.78, 5) is 15.1. The topological polar surface area (TPSA) is 105 Å². The van der Waals surface area contributed by atoms with E-state index in [4.69, 9.17) is 4.98 Å². The van der Waals surface area contributed by atoms with Gasteiger partial charge >= 0.3 is 0 Å². The molecule has 1 N–H and O–H groups in total. The van der Waals surface area contributed by atoms with Crippen molar-refractivity contribution in [2.24, 2.45) is 0 Å². The van der Waals surface area contributed by atoms with Crippen molar-refractivity contribution in [1.29, 1.82) is 0 Å². The van der Waals surface area contributed by atoms with Crippen LogP contribution in [0.15, 0.2) is 41.3 Å². The third kappa shape index (κ3) is 3.35. The van der Waals surface area contributed by atoms with Crippen LogP contribution in [0.5, 0.6) is 0 Å². The van der Waals surface area contributed by atoms with Crippen LogP contribution in [0.25, 0.3) is 0 Å². The third-order valence-electron chi connectivity index (χ3n) is 5.41. The Morgan fingerprint density at radius 3 is 2.64 bits per heavy atom. The monoisotopic (exact) mass is 402 g/mol. The molecule has 2 aliphatic heterocycles. The molecule has 148 valence electrons. The zero-order valence-electron chi connectivity index (χ0n) is 15.4. The Labute approximate surface area is 163 Å². The summed E-state index contributed by atoms with van der Waals surface area (Å²) in [6, 6.07) is 9.43. The first kappa shape index (κ1) is 18.8. The van der Waals surface area contributed by atoms with Gasteiger partial charge in [0, 0.05) is 24.2 Å². The van der Waals surface area contributed by atoms with E-state index in [0.29, 0.717) is 18.2 Å². The number of nitro groups is 1. The molecule has 0 unspecified atom stereocenters. The van der Waals surface area contributed by atoms with Gasteiger partial charge in [-0.15, -0.1) is 0 Å². The van der Waals surface area contributed by atoms with Crippen molar-refractivity contribution in [3.63, 3.8) is 0 Å². The van der Waals surface area contributed by atoms with Crippen LogP contribution in [0.4, 0.5) is 11.5 Å². The molecule has 2 aromatic rings. The molecule has 0 bridgehead atoms. The van der Waals surface area contributed by atoms with Crippen LogP contribution >= 0.6 is 0 Å². The van der Waals surface area contributed by atoms with E-state index < -0.39 is 20.6 Å². The largest absolute Gasteiger partial charge is 0.317 e. The summed E-state index contributed by atoms with van der Waals surface area (Å²) in [5, 5.41) is 14.7. The fourth-order valence-corrected chi connectivity index (χ4v) is 5.60. The van der Waals surface area contributed by atoms with Crippen molar-refractivity contribution in [1.82, 2.24) is 10.3 Å². The quantitative estimate of drug-likeness (QED) is 0.622. The van der Waals surface area contributed by atoms with Crippen molar-refractivity contribution in [3.05, 3.63) is 57.8 Å². The lowest BCUT2D eigenvalue weighted by molar-refractivity contribution is -0.387. The number of piperidine rings is 1. The second-order valence-corrected chi connectivity index (χ2v) is 8.98. The lowest BCUT2D eigenvalue weighted by Crippen LogP contribution is -2.37. The van der Waals surface area contributed by atoms with Crippen LogP contribution in [0.3, 0.4) is 0 Å². The third-order valence-corrected chi connectivity index (χ3v) is 7.25. The number of benzene rings is 1. The predicted octanol–water partition coefficient (Wildman–Crippen LogP) is 2.60. The fraction of sp³-hybridized carbons (Fsp3) is 0.421. The zero-order valence-corrected chi connectivity index (χ0v) is 16.2. The Balaban J connectivity index is 1.77. The summed E-state index contributed by atoms with van der Waals surface area (Å²) in [5.41, 5.74) is 1.35. The van der Waals surface area contributed by atoms with E-state index in [9.17, 15) is 18.5 Å². The van der Waals surface area contributed by atoms with Crippen LogP contribution < -0.4 is 9.62 Å². The highest BCUT2D eigenvalue weighted by Gasteiger charge is 2.35. The van der Waals surface area contributed by atoms with Gasteiger partial charge in [-0.1, -0.05) is 18.2 Å². The Morgan fingerprint density at radius 1 is 1.14 bits per heavy atom. The maximum absolute atomic E-state index is 13.3. The smallest absolute Gasteiger partial charge is 0.289 e. The Bertz CT molecular complexity index is 1000. The number of para-hydroxylation sites is 1. The van der Waals surface area contributed by atoms with Crippen molar-refractivity contribution in [3.8, 4) is 0 Å². The molecule has 28 heavy (non-hydrogen) atoms. The number of aromatic nitrogens is 1. The number of nitrogens with one attached hydrogen (secondary N) is 1. The first-order valence-corrected chi connectivity index (χ1v) is 10.9. The highest BCUT2D eigenvalue weighted by Crippen LogP contribution is 2.35. The van der Waals surface area contributed by atoms with Crippen molar-refractivity contribution in [2.45, 2.75) is 36.5 Å². The summed E-state index contributed by atoms with van der Waals surface area (Å²) in [5.74, 6) is 0.713. The Kier molecular flexibility index (Phi) is 5.03. The van der Waals surface area contributed by atoms with E-state index >= 15 is 0 Å². The van der Waals surface area contributed by atoms with Gasteiger partial charge in [-0.2, -0.15) is 0 Å². The first-order valence-electron chi connectivity index (χ1n) is 9.45. The minimum Gasteiger partial charge on any atom is -0.317 e. The molecule has 0 aliphatic carbocycles. The highest BCUT2D eigenvalue weighted by molar-refractivity contribution is 7.93. The van der Waals surface area contributed by atoms with Crippen LogP contribution in [-0.4, -0.2) is 38.0 Å². The molecule has 2 aliphatic rings. The van der Waals surface area contributed by atoms with Crippen LogP contribution in [0.1, 0.15) is 36.4 Å². The number of sulfonamides is 1. The van der Waals surface area contributed by atoms with E-state index in [0.717, 1.165) is 43.6 Å². The lowest BCUT2D eigenvalue weighted by atomic mass is 9.93. The van der Waals surface area contributed by atoms with Gasteiger partial charge in [0.25, 0.3) is 15.7 Å². The molecule has 1 aromatic heterocycles. The van der Waals surface area contributed by atoms with E-state index in [1.807, 2.05) is 12.1 Å². The average Bonchev–Trinajstić information content (AvgIpc) is 2.73. The number of aryl methyl sites for hydroxylation is 1. The van der Waals surface area contributed by atoms with Gasteiger partial charge in [0.05, 0.1) is 4.92 Å². The van der Waals surface area contributed by atoms with Gasteiger partial charge in [-0.3, -0.25) is 10.1 Å². The molecule has 1 aromatic carbocycles. The summed E-state index contributed by atoms with van der Waals surface area (Å²) in [7, 11) is -4.08. The van der Waals surface area contributed by atoms with Gasteiger partial charge < -0.3 is 5.32 Å². The molecule has 1 saturated heterocycles. The second-order valence-electron chi connectivity index (χ2n) is 7.15. The molecular formula is C19H22N4O4S. The number of hydrogen-bond donors (Lipinski definition) is 1. The van der Waals surface area contributed by atoms with Crippen LogP contribution in [0.2, 0.25) is 0 Å². The normalized spacial score (nSPS) is 17.9. The van der Waals surface area contributed by atoms with E-state index in [1.54, 1.807) is 0 Å². The predicted molar refractivity (Wildman–Crippen MR) is 105 cm³/mol. The molecule has 3 heterocycles. The standard InChI is InChI=1S/C19H22N4O4S/c24-23(25)17-5-1-2-6-18(17)28(26,27)22-13-3-4-15-7-8-16(21-19(15)22)14-9-11-20-12-10-14/h1-2,5-8,14,20H,3-4,9-13H2. The van der Waals surface area contributed by atoms with Crippen molar-refractivity contribution < 1.29 is 13.3 Å². The van der Waals surface area contributed by atoms with Crippen molar-refractivity contribution in [2.75, 3.05) is 23.9 Å². The molecule has 9 heteroatoms. The van der Waals surface area contributed by atoms with Gasteiger partial charge in [0.2, 0.25) is 0 Å². The number of rotatable bonds is 4. The minimum atomic E-state index is -4.08. The first-order chi connectivity index (χ1) is 13.5. The van der Waals surface area contributed by atoms with Gasteiger partial charge in [-0.05, 0) is 56.5 Å². The fourth-order valence-electron chi connectivity index (χ4n) is 3.95. The summed E-state index contributed by atoms with van der Waals surface area (Å²) >= 11 is 0. The van der Waals surface area contributed by atoms with Crippen LogP contribution in [-0.2, 0) is 16.4 Å². The van der Waals surface area contributed by atoms with Crippen LogP contribution in [0, 0.1) is 10.1 Å². The molecule has 0 amide bonds. The van der Waals surface area contributed by atoms with Gasteiger partial charge in [0.1, 0.15) is 5.82 Å². The number of pyridine rings is 1. The number of anilines is 1. The summed E-state index contributed by atoms with van der Waals surface area (Å²) in [6.07, 6.45) is 3.32. The molecule has 0 saturated carbocycles. The van der Waals surface area contributed by atoms with Gasteiger partial charge in [0.15, 0.2) is 4.90 Å². The Hall–Kier alpha value is -2.52. The molecule has 0 radical (unpaired) electrons. The number of nitro benzene ring substituents is 1.